The lowest BCUT2D eigenvalue weighted by atomic mass is 9.82. The fraction of sp³-hybridized carbons (Fsp3) is 0.0769. The van der Waals surface area contributed by atoms with Crippen molar-refractivity contribution in [2.45, 2.75) is 26.2 Å². The predicted molar refractivity (Wildman–Crippen MR) is 229 cm³/mol. The second kappa shape index (κ2) is 12.5. The smallest absolute Gasteiger partial charge is 0.0541 e. The number of aryl methyl sites for hydroxylation is 1. The van der Waals surface area contributed by atoms with Crippen LogP contribution in [0, 0.1) is 6.92 Å². The molecule has 0 radical (unpaired) electrons. The van der Waals surface area contributed by atoms with Gasteiger partial charge in [0, 0.05) is 38.9 Å². The topological polar surface area (TPSA) is 8.17 Å². The van der Waals surface area contributed by atoms with Gasteiger partial charge in [0.15, 0.2) is 0 Å². The molecule has 8 aromatic carbocycles. The Morgan fingerprint density at radius 3 is 1.81 bits per heavy atom. The van der Waals surface area contributed by atoms with E-state index in [4.69, 9.17) is 0 Å². The molecule has 0 saturated heterocycles. The van der Waals surface area contributed by atoms with Crippen LogP contribution < -0.4 is 4.90 Å². The summed E-state index contributed by atoms with van der Waals surface area (Å²) < 4.78 is 2.38. The Bertz CT molecular complexity index is 2840. The van der Waals surface area contributed by atoms with Gasteiger partial charge in [-0.25, -0.2) is 0 Å². The van der Waals surface area contributed by atoms with E-state index in [2.05, 4.69) is 218 Å². The average molecular weight is 693 g/mol. The Labute approximate surface area is 317 Å². The summed E-state index contributed by atoms with van der Waals surface area (Å²) in [7, 11) is 0. The minimum absolute atomic E-state index is 0.0913. The van der Waals surface area contributed by atoms with Crippen molar-refractivity contribution in [2.75, 3.05) is 4.90 Å². The molecule has 258 valence electrons. The van der Waals surface area contributed by atoms with Gasteiger partial charge in [0.25, 0.3) is 0 Å². The van der Waals surface area contributed by atoms with Gasteiger partial charge in [-0.15, -0.1) is 0 Å². The van der Waals surface area contributed by atoms with Crippen molar-refractivity contribution < 1.29 is 0 Å². The lowest BCUT2D eigenvalue weighted by Gasteiger charge is -2.29. The lowest BCUT2D eigenvalue weighted by Crippen LogP contribution is -2.17. The number of aromatic nitrogens is 1. The van der Waals surface area contributed by atoms with Crippen molar-refractivity contribution in [3.63, 3.8) is 0 Å². The van der Waals surface area contributed by atoms with Crippen molar-refractivity contribution >= 4 is 38.9 Å². The van der Waals surface area contributed by atoms with Crippen LogP contribution in [0.4, 0.5) is 17.1 Å². The van der Waals surface area contributed by atoms with Crippen molar-refractivity contribution in [1.82, 2.24) is 4.57 Å². The van der Waals surface area contributed by atoms with Gasteiger partial charge >= 0.3 is 0 Å². The van der Waals surface area contributed by atoms with Crippen LogP contribution >= 0.6 is 0 Å². The third kappa shape index (κ3) is 5.09. The van der Waals surface area contributed by atoms with Crippen molar-refractivity contribution in [2.24, 2.45) is 0 Å². The molecule has 2 nitrogen and oxygen atoms in total. The molecular formula is C52H40N2. The van der Waals surface area contributed by atoms with E-state index in [0.717, 1.165) is 11.4 Å². The van der Waals surface area contributed by atoms with Crippen LogP contribution in [0.3, 0.4) is 0 Å². The van der Waals surface area contributed by atoms with Gasteiger partial charge in [-0.3, -0.25) is 0 Å². The molecule has 0 spiro atoms. The van der Waals surface area contributed by atoms with E-state index in [1.807, 2.05) is 0 Å². The van der Waals surface area contributed by atoms with E-state index < -0.39 is 0 Å². The summed E-state index contributed by atoms with van der Waals surface area (Å²) in [6, 6.07) is 68.8. The number of hydrogen-bond acceptors (Lipinski definition) is 1. The molecule has 1 heterocycles. The van der Waals surface area contributed by atoms with Crippen molar-refractivity contribution in [1.29, 1.82) is 0 Å². The maximum atomic E-state index is 2.43. The normalized spacial score (nSPS) is 12.9. The fourth-order valence-corrected chi connectivity index (χ4v) is 8.79. The van der Waals surface area contributed by atoms with Gasteiger partial charge in [-0.2, -0.15) is 0 Å². The van der Waals surface area contributed by atoms with E-state index >= 15 is 0 Å². The van der Waals surface area contributed by atoms with Crippen LogP contribution in [-0.2, 0) is 5.41 Å². The molecule has 0 unspecified atom stereocenters. The Morgan fingerprint density at radius 2 is 1.02 bits per heavy atom. The maximum absolute atomic E-state index is 2.43. The largest absolute Gasteiger partial charge is 0.310 e. The van der Waals surface area contributed by atoms with E-state index in [9.17, 15) is 0 Å². The summed E-state index contributed by atoms with van der Waals surface area (Å²) in [6.45, 7) is 6.96. The summed E-state index contributed by atoms with van der Waals surface area (Å²) in [6.07, 6.45) is 0. The minimum atomic E-state index is -0.0913. The first-order chi connectivity index (χ1) is 26.5. The zero-order valence-electron chi connectivity index (χ0n) is 30.8. The summed E-state index contributed by atoms with van der Waals surface area (Å²) in [4.78, 5) is 2.43. The molecule has 0 atom stereocenters. The number of benzene rings is 8. The summed E-state index contributed by atoms with van der Waals surface area (Å²) in [5.74, 6) is 0. The van der Waals surface area contributed by atoms with Gasteiger partial charge in [-0.1, -0.05) is 135 Å². The van der Waals surface area contributed by atoms with Crippen LogP contribution in [0.2, 0.25) is 0 Å². The highest BCUT2D eigenvalue weighted by Gasteiger charge is 2.35. The van der Waals surface area contributed by atoms with E-state index in [1.165, 1.54) is 83.3 Å². The highest BCUT2D eigenvalue weighted by molar-refractivity contribution is 6.10. The Kier molecular flexibility index (Phi) is 7.42. The van der Waals surface area contributed by atoms with Gasteiger partial charge < -0.3 is 9.47 Å². The van der Waals surface area contributed by atoms with Gasteiger partial charge in [0.1, 0.15) is 0 Å². The summed E-state index contributed by atoms with van der Waals surface area (Å²) in [5.41, 5.74) is 18.5. The molecule has 10 rings (SSSR count). The second-order valence-corrected chi connectivity index (χ2v) is 15.1. The Balaban J connectivity index is 1.09. The van der Waals surface area contributed by atoms with Crippen LogP contribution in [0.1, 0.15) is 30.5 Å². The maximum Gasteiger partial charge on any atom is 0.0541 e. The highest BCUT2D eigenvalue weighted by Crippen LogP contribution is 2.51. The van der Waals surface area contributed by atoms with Crippen molar-refractivity contribution in [3.05, 3.63) is 205 Å². The SMILES string of the molecule is Cc1cc(-c2ccc3c(c2)c2ccccc2n3-c2ccccc2)ccc1N(c1ccc(-c2ccccc2)cc1)c1ccc2c(c1)C(C)(C)c1ccccc1-2. The molecule has 54 heavy (non-hydrogen) atoms. The highest BCUT2D eigenvalue weighted by atomic mass is 15.1. The Morgan fingerprint density at radius 1 is 0.426 bits per heavy atom. The molecule has 2 heteroatoms. The first-order valence-corrected chi connectivity index (χ1v) is 18.9. The standard InChI is InChI=1S/C52H40N2/c1-35-32-38(39-25-31-51-46(33-39)45-19-11-13-21-50(45)54(51)40-16-8-5-9-17-40)24-30-49(35)53(41-26-22-37(23-27-41)36-14-6-4-7-15-36)42-28-29-44-43-18-10-12-20-47(43)52(2,3)48(44)34-42/h4-34H,1-3H3. The quantitative estimate of drug-likeness (QED) is 0.168. The molecule has 1 aromatic heterocycles. The average Bonchev–Trinajstić information content (AvgIpc) is 3.67. The molecule has 0 bridgehead atoms. The van der Waals surface area contributed by atoms with Gasteiger partial charge in [0.05, 0.1) is 11.0 Å². The molecule has 0 saturated carbocycles. The summed E-state index contributed by atoms with van der Waals surface area (Å²) >= 11 is 0. The third-order valence-electron chi connectivity index (χ3n) is 11.5. The fourth-order valence-electron chi connectivity index (χ4n) is 8.79. The molecule has 0 N–H and O–H groups in total. The van der Waals surface area contributed by atoms with Gasteiger partial charge in [-0.05, 0) is 124 Å². The molecule has 0 aliphatic heterocycles. The Hall–Kier alpha value is -6.64. The molecule has 0 fully saturated rings. The molecule has 1 aliphatic carbocycles. The number of rotatable bonds is 6. The van der Waals surface area contributed by atoms with Crippen LogP contribution in [0.5, 0.6) is 0 Å². The number of para-hydroxylation sites is 2. The molecule has 0 amide bonds. The minimum Gasteiger partial charge on any atom is -0.310 e. The third-order valence-corrected chi connectivity index (χ3v) is 11.5. The van der Waals surface area contributed by atoms with Crippen molar-refractivity contribution in [3.8, 4) is 39.1 Å². The molecule has 9 aromatic rings. The first kappa shape index (κ1) is 32.0. The van der Waals surface area contributed by atoms with Crippen LogP contribution in [-0.4, -0.2) is 4.57 Å². The van der Waals surface area contributed by atoms with Gasteiger partial charge in [0.2, 0.25) is 0 Å². The number of fused-ring (bicyclic) bond motifs is 6. The molecular weight excluding hydrogens is 653 g/mol. The number of hydrogen-bond donors (Lipinski definition) is 0. The number of anilines is 3. The second-order valence-electron chi connectivity index (χ2n) is 15.1. The van der Waals surface area contributed by atoms with Crippen LogP contribution in [0.25, 0.3) is 60.9 Å². The first-order valence-electron chi connectivity index (χ1n) is 18.9. The zero-order valence-corrected chi connectivity index (χ0v) is 30.8. The zero-order chi connectivity index (χ0) is 36.4. The molecule has 1 aliphatic rings. The van der Waals surface area contributed by atoms with E-state index in [-0.39, 0.29) is 5.41 Å². The number of nitrogens with zero attached hydrogens (tertiary/aromatic N) is 2. The van der Waals surface area contributed by atoms with E-state index in [0.29, 0.717) is 0 Å². The predicted octanol–water partition coefficient (Wildman–Crippen LogP) is 14.2. The summed E-state index contributed by atoms with van der Waals surface area (Å²) in [5, 5.41) is 2.52. The van der Waals surface area contributed by atoms with Crippen LogP contribution in [0.15, 0.2) is 188 Å². The van der Waals surface area contributed by atoms with E-state index in [1.54, 1.807) is 0 Å². The monoisotopic (exact) mass is 692 g/mol. The lowest BCUT2D eigenvalue weighted by molar-refractivity contribution is 0.660.